The maximum absolute atomic E-state index is 12.1. The highest BCUT2D eigenvalue weighted by molar-refractivity contribution is 14.1. The molecule has 0 radical (unpaired) electrons. The Bertz CT molecular complexity index is 721. The van der Waals surface area contributed by atoms with E-state index in [4.69, 9.17) is 0 Å². The van der Waals surface area contributed by atoms with Crippen LogP contribution in [0.2, 0.25) is 0 Å². The molecule has 0 aromatic heterocycles. The van der Waals surface area contributed by atoms with Gasteiger partial charge in [0.15, 0.2) is 0 Å². The van der Waals surface area contributed by atoms with E-state index in [9.17, 15) is 9.59 Å². The highest BCUT2D eigenvalue weighted by Crippen LogP contribution is 2.20. The van der Waals surface area contributed by atoms with Crippen molar-refractivity contribution in [3.05, 3.63) is 56.7 Å². The minimum Gasteiger partial charge on any atom is -0.318 e. The molecule has 4 nitrogen and oxygen atoms in total. The van der Waals surface area contributed by atoms with Crippen LogP contribution < -0.4 is 10.6 Å². The molecule has 0 aliphatic carbocycles. The summed E-state index contributed by atoms with van der Waals surface area (Å²) in [5.41, 5.74) is 4.09. The minimum absolute atomic E-state index is 0.641. The minimum atomic E-state index is -0.674. The molecule has 0 heterocycles. The molecule has 5 heteroatoms. The van der Waals surface area contributed by atoms with Gasteiger partial charge < -0.3 is 10.6 Å². The van der Waals surface area contributed by atoms with Crippen molar-refractivity contribution in [3.8, 4) is 0 Å². The summed E-state index contributed by atoms with van der Waals surface area (Å²) >= 11 is 2.20. The normalized spacial score (nSPS) is 10.2. The number of para-hydroxylation sites is 1. The first-order chi connectivity index (χ1) is 10.4. The molecule has 22 heavy (non-hydrogen) atoms. The zero-order valence-electron chi connectivity index (χ0n) is 12.7. The SMILES string of the molecule is Cc1cc(I)ccc1NC(=O)C(=O)Nc1c(C)cccc1C. The van der Waals surface area contributed by atoms with Crippen molar-refractivity contribution in [1.29, 1.82) is 0 Å². The van der Waals surface area contributed by atoms with Gasteiger partial charge >= 0.3 is 11.8 Å². The number of halogens is 1. The summed E-state index contributed by atoms with van der Waals surface area (Å²) in [6, 6.07) is 11.3. The summed E-state index contributed by atoms with van der Waals surface area (Å²) < 4.78 is 1.08. The number of benzene rings is 2. The Labute approximate surface area is 143 Å². The van der Waals surface area contributed by atoms with Gasteiger partial charge in [0, 0.05) is 14.9 Å². The maximum atomic E-state index is 12.1. The van der Waals surface area contributed by atoms with E-state index >= 15 is 0 Å². The number of nitrogens with one attached hydrogen (secondary N) is 2. The molecule has 0 aliphatic rings. The zero-order valence-corrected chi connectivity index (χ0v) is 14.8. The average molecular weight is 408 g/mol. The molecule has 2 aromatic carbocycles. The summed E-state index contributed by atoms with van der Waals surface area (Å²) in [7, 11) is 0. The van der Waals surface area contributed by atoms with Crippen molar-refractivity contribution >= 4 is 45.8 Å². The van der Waals surface area contributed by atoms with E-state index in [1.165, 1.54) is 0 Å². The van der Waals surface area contributed by atoms with Crippen molar-refractivity contribution < 1.29 is 9.59 Å². The van der Waals surface area contributed by atoms with Crippen LogP contribution in [0.15, 0.2) is 36.4 Å². The molecular weight excluding hydrogens is 391 g/mol. The number of rotatable bonds is 2. The first-order valence-electron chi connectivity index (χ1n) is 6.83. The number of anilines is 2. The highest BCUT2D eigenvalue weighted by atomic mass is 127. The number of hydrogen-bond donors (Lipinski definition) is 2. The van der Waals surface area contributed by atoms with Crippen LogP contribution >= 0.6 is 22.6 Å². The van der Waals surface area contributed by atoms with Gasteiger partial charge in [0.1, 0.15) is 0 Å². The largest absolute Gasteiger partial charge is 0.318 e. The smallest absolute Gasteiger partial charge is 0.314 e. The van der Waals surface area contributed by atoms with Crippen LogP contribution in [0.25, 0.3) is 0 Å². The van der Waals surface area contributed by atoms with Crippen LogP contribution in [0, 0.1) is 24.3 Å². The predicted octanol–water partition coefficient (Wildman–Crippen LogP) is 3.79. The lowest BCUT2D eigenvalue weighted by Crippen LogP contribution is -2.29. The fraction of sp³-hybridized carbons (Fsp3) is 0.176. The van der Waals surface area contributed by atoms with E-state index in [0.29, 0.717) is 11.4 Å². The molecule has 0 bridgehead atoms. The molecule has 2 aromatic rings. The summed E-state index contributed by atoms with van der Waals surface area (Å²) in [4.78, 5) is 24.1. The van der Waals surface area contributed by atoms with Crippen molar-refractivity contribution in [2.75, 3.05) is 10.6 Å². The summed E-state index contributed by atoms with van der Waals surface area (Å²) in [6.45, 7) is 5.68. The van der Waals surface area contributed by atoms with Gasteiger partial charge in [0.25, 0.3) is 0 Å². The molecule has 0 aliphatic heterocycles. The molecule has 2 amide bonds. The highest BCUT2D eigenvalue weighted by Gasteiger charge is 2.16. The number of carbonyl (C=O) groups excluding carboxylic acids is 2. The fourth-order valence-electron chi connectivity index (χ4n) is 2.13. The van der Waals surface area contributed by atoms with E-state index in [1.54, 1.807) is 6.07 Å². The van der Waals surface area contributed by atoms with Crippen LogP contribution in [0.1, 0.15) is 16.7 Å². The molecular formula is C17H17IN2O2. The van der Waals surface area contributed by atoms with E-state index in [0.717, 1.165) is 20.3 Å². The van der Waals surface area contributed by atoms with Crippen LogP contribution in [-0.2, 0) is 9.59 Å². The van der Waals surface area contributed by atoms with Gasteiger partial charge in [-0.2, -0.15) is 0 Å². The zero-order chi connectivity index (χ0) is 16.3. The quantitative estimate of drug-likeness (QED) is 0.587. The average Bonchev–Trinajstić information content (AvgIpc) is 2.45. The number of amides is 2. The van der Waals surface area contributed by atoms with Gasteiger partial charge in [-0.25, -0.2) is 0 Å². The predicted molar refractivity (Wildman–Crippen MR) is 97.1 cm³/mol. The molecule has 2 N–H and O–H groups in total. The van der Waals surface area contributed by atoms with Crippen LogP contribution in [0.4, 0.5) is 11.4 Å². The summed E-state index contributed by atoms with van der Waals surface area (Å²) in [5, 5.41) is 5.32. The molecule has 0 unspecified atom stereocenters. The molecule has 0 saturated carbocycles. The second-order valence-corrected chi connectivity index (χ2v) is 6.38. The molecule has 2 rings (SSSR count). The lowest BCUT2D eigenvalue weighted by Gasteiger charge is -2.12. The second-order valence-electron chi connectivity index (χ2n) is 5.13. The Kier molecular flexibility index (Phi) is 5.18. The third kappa shape index (κ3) is 3.85. The van der Waals surface area contributed by atoms with Crippen molar-refractivity contribution in [2.24, 2.45) is 0 Å². The topological polar surface area (TPSA) is 58.2 Å². The van der Waals surface area contributed by atoms with Gasteiger partial charge in [0.05, 0.1) is 0 Å². The van der Waals surface area contributed by atoms with E-state index in [1.807, 2.05) is 51.1 Å². The fourth-order valence-corrected chi connectivity index (χ4v) is 2.78. The molecule has 0 spiro atoms. The first kappa shape index (κ1) is 16.5. The Morgan fingerprint density at radius 2 is 1.45 bits per heavy atom. The van der Waals surface area contributed by atoms with Crippen molar-refractivity contribution in [3.63, 3.8) is 0 Å². The Morgan fingerprint density at radius 1 is 0.864 bits per heavy atom. The standard InChI is InChI=1S/C17H17IN2O2/c1-10-5-4-6-11(2)15(10)20-17(22)16(21)19-14-8-7-13(18)9-12(14)3/h4-9H,1-3H3,(H,19,21)(H,20,22). The molecule has 0 fully saturated rings. The van der Waals surface area contributed by atoms with Gasteiger partial charge in [-0.1, -0.05) is 18.2 Å². The van der Waals surface area contributed by atoms with Crippen LogP contribution in [0.5, 0.6) is 0 Å². The number of hydrogen-bond acceptors (Lipinski definition) is 2. The monoisotopic (exact) mass is 408 g/mol. The maximum Gasteiger partial charge on any atom is 0.314 e. The van der Waals surface area contributed by atoms with Crippen molar-refractivity contribution in [2.45, 2.75) is 20.8 Å². The molecule has 114 valence electrons. The lowest BCUT2D eigenvalue weighted by molar-refractivity contribution is -0.133. The lowest BCUT2D eigenvalue weighted by atomic mass is 10.1. The van der Waals surface area contributed by atoms with E-state index < -0.39 is 11.8 Å². The Hall–Kier alpha value is -1.89. The van der Waals surface area contributed by atoms with Gasteiger partial charge in [0.2, 0.25) is 0 Å². The number of aryl methyl sites for hydroxylation is 3. The third-order valence-electron chi connectivity index (χ3n) is 3.36. The van der Waals surface area contributed by atoms with E-state index in [-0.39, 0.29) is 0 Å². The van der Waals surface area contributed by atoms with Gasteiger partial charge in [-0.15, -0.1) is 0 Å². The summed E-state index contributed by atoms with van der Waals surface area (Å²) in [6.07, 6.45) is 0. The molecule has 0 saturated heterocycles. The van der Waals surface area contributed by atoms with Crippen LogP contribution in [-0.4, -0.2) is 11.8 Å². The summed E-state index contributed by atoms with van der Waals surface area (Å²) in [5.74, 6) is -1.35. The van der Waals surface area contributed by atoms with Crippen LogP contribution in [0.3, 0.4) is 0 Å². The van der Waals surface area contributed by atoms with Gasteiger partial charge in [-0.05, 0) is 78.3 Å². The molecule has 0 atom stereocenters. The van der Waals surface area contributed by atoms with Crippen molar-refractivity contribution in [1.82, 2.24) is 0 Å². The number of carbonyl (C=O) groups is 2. The second kappa shape index (κ2) is 6.91. The Balaban J connectivity index is 2.11. The Morgan fingerprint density at radius 3 is 2.05 bits per heavy atom. The third-order valence-corrected chi connectivity index (χ3v) is 4.03. The van der Waals surface area contributed by atoms with E-state index in [2.05, 4.69) is 33.2 Å². The van der Waals surface area contributed by atoms with Gasteiger partial charge in [-0.3, -0.25) is 9.59 Å². The first-order valence-corrected chi connectivity index (χ1v) is 7.91.